The predicted molar refractivity (Wildman–Crippen MR) is 167 cm³/mol. The smallest absolute Gasteiger partial charge is 0.290 e. The number of ether oxygens (including phenoxy) is 2. The molecule has 2 aromatic carbocycles. The molecule has 1 unspecified atom stereocenters. The van der Waals surface area contributed by atoms with E-state index in [0.29, 0.717) is 17.4 Å². The summed E-state index contributed by atoms with van der Waals surface area (Å²) in [5.74, 6) is 0.359. The van der Waals surface area contributed by atoms with E-state index in [1.54, 1.807) is 24.3 Å². The summed E-state index contributed by atoms with van der Waals surface area (Å²) in [4.78, 5) is 27.6. The van der Waals surface area contributed by atoms with Crippen LogP contribution >= 0.6 is 11.6 Å². The highest BCUT2D eigenvalue weighted by molar-refractivity contribution is 6.30. The van der Waals surface area contributed by atoms with Gasteiger partial charge in [-0.2, -0.15) is 0 Å². The van der Waals surface area contributed by atoms with E-state index in [-0.39, 0.29) is 19.0 Å². The first-order valence-corrected chi connectivity index (χ1v) is 14.5. The lowest BCUT2D eigenvalue weighted by molar-refractivity contribution is -0.124. The lowest BCUT2D eigenvalue weighted by Crippen LogP contribution is -2.32. The third-order valence-electron chi connectivity index (χ3n) is 6.16. The van der Waals surface area contributed by atoms with Gasteiger partial charge in [-0.1, -0.05) is 83.7 Å². The Labute approximate surface area is 250 Å². The van der Waals surface area contributed by atoms with E-state index in [4.69, 9.17) is 31.0 Å². The van der Waals surface area contributed by atoms with Gasteiger partial charge in [0.1, 0.15) is 12.7 Å². The van der Waals surface area contributed by atoms with Crippen LogP contribution in [0.15, 0.2) is 54.7 Å². The summed E-state index contributed by atoms with van der Waals surface area (Å²) in [5.41, 5.74) is 5.89. The molecule has 4 rings (SSSR count). The number of pyridine rings is 1. The zero-order valence-corrected chi connectivity index (χ0v) is 26.2. The number of carbonyl (C=O) groups excluding carboxylic acids is 1. The Morgan fingerprint density at radius 3 is 2.29 bits per heavy atom. The van der Waals surface area contributed by atoms with Crippen LogP contribution < -0.4 is 9.64 Å². The van der Waals surface area contributed by atoms with E-state index >= 15 is 0 Å². The van der Waals surface area contributed by atoms with Gasteiger partial charge in [0.15, 0.2) is 0 Å². The fraction of sp³-hybridized carbons (Fsp3) is 0.424. The van der Waals surface area contributed by atoms with Gasteiger partial charge in [0.25, 0.3) is 12.4 Å². The minimum absolute atomic E-state index is 0.0545. The minimum atomic E-state index is -0.519. The second-order valence-electron chi connectivity index (χ2n) is 9.40. The highest BCUT2D eigenvalue weighted by Gasteiger charge is 2.32. The Morgan fingerprint density at radius 2 is 1.73 bits per heavy atom. The van der Waals surface area contributed by atoms with Crippen LogP contribution in [-0.2, 0) is 27.3 Å². The number of nitrogens with zero attached hydrogens (tertiary/aromatic N) is 2. The summed E-state index contributed by atoms with van der Waals surface area (Å²) in [6, 6.07) is 15.7. The molecule has 0 saturated heterocycles. The van der Waals surface area contributed by atoms with Crippen LogP contribution in [0.1, 0.15) is 87.8 Å². The van der Waals surface area contributed by atoms with Gasteiger partial charge >= 0.3 is 0 Å². The van der Waals surface area contributed by atoms with Crippen molar-refractivity contribution >= 4 is 29.7 Å². The Hall–Kier alpha value is -3.42. The summed E-state index contributed by atoms with van der Waals surface area (Å²) in [6.45, 7) is 13.0. The molecule has 0 fully saturated rings. The molecule has 0 aliphatic carbocycles. The number of aromatic nitrogens is 1. The normalized spacial score (nSPS) is 13.6. The molecule has 1 N–H and O–H groups in total. The summed E-state index contributed by atoms with van der Waals surface area (Å²) >= 11 is 6.35. The van der Waals surface area contributed by atoms with E-state index in [1.807, 2.05) is 24.3 Å². The van der Waals surface area contributed by atoms with Gasteiger partial charge in [0, 0.05) is 22.3 Å². The standard InChI is InChI=1S/C25H25ClN2O3.C4H10.C3H8.CH2O2/c1-4-17-7-8-18(16(2)12-17)14-28-22-10-9-19(26)13-21(22)24(31-15-23(28)29)20-6-5-11-27-25(20)30-3;1-3-4-2;1-3-2;2-1-3/h5-13,24H,4,14-15H2,1-3H3;3-4H2,1-2H3;3H2,1-2H3;1H,(H,2,3). The van der Waals surface area contributed by atoms with E-state index in [1.165, 1.54) is 30.4 Å². The highest BCUT2D eigenvalue weighted by Crippen LogP contribution is 2.40. The number of carbonyl (C=O) groups is 2. The number of anilines is 1. The first-order valence-electron chi connectivity index (χ1n) is 14.1. The predicted octanol–water partition coefficient (Wildman–Crippen LogP) is 8.19. The Balaban J connectivity index is 0.000000735. The van der Waals surface area contributed by atoms with Crippen LogP contribution in [0.4, 0.5) is 5.69 Å². The summed E-state index contributed by atoms with van der Waals surface area (Å²) in [7, 11) is 1.57. The Morgan fingerprint density at radius 1 is 1.07 bits per heavy atom. The molecule has 0 bridgehead atoms. The third-order valence-corrected chi connectivity index (χ3v) is 6.39. The molecule has 0 saturated carbocycles. The zero-order valence-electron chi connectivity index (χ0n) is 25.4. The SMILES string of the molecule is CCC.CCCC.CCc1ccc(CN2C(=O)COC(c3cccnc3OC)c3cc(Cl)ccc32)c(C)c1.O=CO. The number of methoxy groups -OCH3 is 1. The monoisotopic (exact) mass is 584 g/mol. The zero-order chi connectivity index (χ0) is 30.8. The maximum absolute atomic E-state index is 13.2. The second kappa shape index (κ2) is 19.6. The van der Waals surface area contributed by atoms with Crippen molar-refractivity contribution in [1.29, 1.82) is 0 Å². The van der Waals surface area contributed by atoms with Gasteiger partial charge in [-0.15, -0.1) is 0 Å². The van der Waals surface area contributed by atoms with E-state index in [0.717, 1.165) is 28.8 Å². The lowest BCUT2D eigenvalue weighted by atomic mass is 9.99. The molecule has 1 aliphatic heterocycles. The van der Waals surface area contributed by atoms with Gasteiger partial charge in [0.05, 0.1) is 19.3 Å². The molecule has 0 spiro atoms. The number of aryl methyl sites for hydroxylation is 2. The first-order chi connectivity index (χ1) is 19.8. The summed E-state index contributed by atoms with van der Waals surface area (Å²) in [6.07, 6.45) is 6.01. The minimum Gasteiger partial charge on any atom is -0.483 e. The Kier molecular flexibility index (Phi) is 17.0. The van der Waals surface area contributed by atoms with Crippen molar-refractivity contribution in [2.75, 3.05) is 18.6 Å². The van der Waals surface area contributed by atoms with Gasteiger partial charge in [-0.05, 0) is 60.4 Å². The molecular weight excluding hydrogens is 540 g/mol. The molecule has 41 heavy (non-hydrogen) atoms. The average Bonchev–Trinajstić information content (AvgIpc) is 3.10. The number of fused-ring (bicyclic) bond motifs is 1. The number of carboxylic acid groups (broad SMARTS) is 1. The van der Waals surface area contributed by atoms with Crippen LogP contribution in [-0.4, -0.2) is 36.2 Å². The van der Waals surface area contributed by atoms with Crippen molar-refractivity contribution in [2.24, 2.45) is 0 Å². The number of unbranched alkanes of at least 4 members (excludes halogenated alkanes) is 1. The molecule has 224 valence electrons. The molecular formula is C33H45ClN2O5. The number of benzene rings is 2. The number of rotatable bonds is 6. The van der Waals surface area contributed by atoms with Crippen molar-refractivity contribution in [1.82, 2.24) is 4.98 Å². The van der Waals surface area contributed by atoms with Gasteiger partial charge in [-0.3, -0.25) is 9.59 Å². The number of amides is 1. The molecule has 3 aromatic rings. The largest absolute Gasteiger partial charge is 0.483 e. The van der Waals surface area contributed by atoms with Crippen LogP contribution in [0.2, 0.25) is 5.02 Å². The second-order valence-corrected chi connectivity index (χ2v) is 9.84. The fourth-order valence-corrected chi connectivity index (χ4v) is 4.15. The Bertz CT molecular complexity index is 1220. The number of hydrogen-bond acceptors (Lipinski definition) is 5. The van der Waals surface area contributed by atoms with Crippen molar-refractivity contribution in [3.63, 3.8) is 0 Å². The van der Waals surface area contributed by atoms with Gasteiger partial charge < -0.3 is 19.5 Å². The maximum atomic E-state index is 13.2. The quantitative estimate of drug-likeness (QED) is 0.294. The highest BCUT2D eigenvalue weighted by atomic mass is 35.5. The fourth-order valence-electron chi connectivity index (χ4n) is 3.97. The van der Waals surface area contributed by atoms with Crippen LogP contribution in [0.25, 0.3) is 0 Å². The van der Waals surface area contributed by atoms with Crippen molar-refractivity contribution in [3.8, 4) is 5.88 Å². The van der Waals surface area contributed by atoms with E-state index < -0.39 is 6.10 Å². The number of hydrogen-bond donors (Lipinski definition) is 1. The molecule has 1 aliphatic rings. The average molecular weight is 585 g/mol. The molecule has 1 aromatic heterocycles. The van der Waals surface area contributed by atoms with Crippen molar-refractivity contribution < 1.29 is 24.2 Å². The van der Waals surface area contributed by atoms with E-state index in [2.05, 4.69) is 64.7 Å². The van der Waals surface area contributed by atoms with Crippen molar-refractivity contribution in [2.45, 2.75) is 79.9 Å². The van der Waals surface area contributed by atoms with Crippen LogP contribution in [0, 0.1) is 6.92 Å². The number of halogens is 1. The molecule has 2 heterocycles. The topological polar surface area (TPSA) is 89.0 Å². The van der Waals surface area contributed by atoms with Gasteiger partial charge in [0.2, 0.25) is 5.88 Å². The molecule has 8 heteroatoms. The maximum Gasteiger partial charge on any atom is 0.290 e. The first kappa shape index (κ1) is 35.6. The molecule has 1 atom stereocenters. The summed E-state index contributed by atoms with van der Waals surface area (Å²) in [5, 5.41) is 7.47. The molecule has 7 nitrogen and oxygen atoms in total. The molecule has 0 radical (unpaired) electrons. The lowest BCUT2D eigenvalue weighted by Gasteiger charge is -2.25. The van der Waals surface area contributed by atoms with Gasteiger partial charge in [-0.25, -0.2) is 4.98 Å². The third kappa shape index (κ3) is 10.8. The molecule has 1 amide bonds. The van der Waals surface area contributed by atoms with Crippen LogP contribution in [0.5, 0.6) is 5.88 Å². The van der Waals surface area contributed by atoms with Crippen molar-refractivity contribution in [3.05, 3.63) is 87.6 Å². The van der Waals surface area contributed by atoms with E-state index in [9.17, 15) is 4.79 Å². The van der Waals surface area contributed by atoms with Crippen LogP contribution in [0.3, 0.4) is 0 Å². The summed E-state index contributed by atoms with van der Waals surface area (Å²) < 4.78 is 11.5.